The molecule has 0 unspecified atom stereocenters. The Labute approximate surface area is 83.1 Å². The van der Waals surface area contributed by atoms with E-state index in [1.54, 1.807) is 0 Å². The van der Waals surface area contributed by atoms with Crippen LogP contribution in [0.1, 0.15) is 0 Å². The maximum Gasteiger partial charge on any atom is 0.171 e. The van der Waals surface area contributed by atoms with E-state index in [9.17, 15) is 4.79 Å². The van der Waals surface area contributed by atoms with Crippen molar-refractivity contribution in [1.29, 1.82) is 0 Å². The number of ketones is 1. The summed E-state index contributed by atoms with van der Waals surface area (Å²) >= 11 is 0. The van der Waals surface area contributed by atoms with E-state index in [-0.39, 0.29) is 17.9 Å². The monoisotopic (exact) mass is 200 g/mol. The summed E-state index contributed by atoms with van der Waals surface area (Å²) in [6, 6.07) is -0.328. The predicted molar refractivity (Wildman–Crippen MR) is 50.2 cm³/mol. The Morgan fingerprint density at radius 2 is 1.50 bits per heavy atom. The first-order valence-electron chi connectivity index (χ1n) is 5.04. The van der Waals surface area contributed by atoms with Crippen molar-refractivity contribution in [2.75, 3.05) is 39.5 Å². The van der Waals surface area contributed by atoms with Crippen molar-refractivity contribution in [3.05, 3.63) is 0 Å². The molecule has 5 heteroatoms. The fraction of sp³-hybridized carbons (Fsp3) is 0.889. The summed E-state index contributed by atoms with van der Waals surface area (Å²) in [4.78, 5) is 11.9. The smallest absolute Gasteiger partial charge is 0.171 e. The molecule has 0 saturated carbocycles. The molecule has 2 heterocycles. The average molecular weight is 200 g/mol. The first-order valence-corrected chi connectivity index (χ1v) is 5.04. The Morgan fingerprint density at radius 1 is 1.00 bits per heavy atom. The summed E-state index contributed by atoms with van der Waals surface area (Å²) in [6.45, 7) is 3.86. The van der Waals surface area contributed by atoms with Gasteiger partial charge in [-0.2, -0.15) is 0 Å². The van der Waals surface area contributed by atoms with Crippen LogP contribution in [0.5, 0.6) is 0 Å². The standard InChI is InChI=1S/C9H16N2O3/c12-9(7-5-13-3-1-10-7)8-6-14-4-2-11-8/h7-8,10-11H,1-6H2/t7-,8-/m1/s1. The quantitative estimate of drug-likeness (QED) is 0.570. The summed E-state index contributed by atoms with van der Waals surface area (Å²) in [5.74, 6) is 0.157. The number of hydrogen-bond donors (Lipinski definition) is 2. The van der Waals surface area contributed by atoms with E-state index in [1.165, 1.54) is 0 Å². The molecule has 2 saturated heterocycles. The van der Waals surface area contributed by atoms with Crippen LogP contribution in [-0.2, 0) is 14.3 Å². The van der Waals surface area contributed by atoms with Crippen LogP contribution >= 0.6 is 0 Å². The summed E-state index contributed by atoms with van der Waals surface area (Å²) in [6.07, 6.45) is 0. The second-order valence-corrected chi connectivity index (χ2v) is 3.57. The lowest BCUT2D eigenvalue weighted by Gasteiger charge is -2.29. The SMILES string of the molecule is O=C([C@H]1COCCN1)[C@H]1COCCN1. The van der Waals surface area contributed by atoms with Crippen LogP contribution in [0.15, 0.2) is 0 Å². The third-order valence-electron chi connectivity index (χ3n) is 2.53. The largest absolute Gasteiger partial charge is 0.378 e. The maximum absolute atomic E-state index is 11.9. The van der Waals surface area contributed by atoms with Gasteiger partial charge in [-0.05, 0) is 0 Å². The zero-order valence-electron chi connectivity index (χ0n) is 8.12. The summed E-state index contributed by atoms with van der Waals surface area (Å²) in [7, 11) is 0. The lowest BCUT2D eigenvalue weighted by Crippen LogP contribution is -2.56. The van der Waals surface area contributed by atoms with Crippen molar-refractivity contribution in [2.24, 2.45) is 0 Å². The van der Waals surface area contributed by atoms with Crippen LogP contribution < -0.4 is 10.6 Å². The first kappa shape index (κ1) is 10.0. The molecular weight excluding hydrogens is 184 g/mol. The molecule has 0 spiro atoms. The number of carbonyl (C=O) groups is 1. The van der Waals surface area contributed by atoms with Gasteiger partial charge in [0.25, 0.3) is 0 Å². The Bertz CT molecular complexity index is 178. The molecule has 0 radical (unpaired) electrons. The van der Waals surface area contributed by atoms with Crippen molar-refractivity contribution in [3.63, 3.8) is 0 Å². The van der Waals surface area contributed by atoms with Crippen LogP contribution in [-0.4, -0.2) is 57.4 Å². The van der Waals surface area contributed by atoms with Gasteiger partial charge in [-0.1, -0.05) is 0 Å². The van der Waals surface area contributed by atoms with Gasteiger partial charge in [0.05, 0.1) is 38.5 Å². The molecule has 0 amide bonds. The highest BCUT2D eigenvalue weighted by Gasteiger charge is 2.29. The highest BCUT2D eigenvalue weighted by Crippen LogP contribution is 2.02. The van der Waals surface area contributed by atoms with Gasteiger partial charge in [0.2, 0.25) is 0 Å². The van der Waals surface area contributed by atoms with E-state index < -0.39 is 0 Å². The molecule has 5 nitrogen and oxygen atoms in total. The van der Waals surface area contributed by atoms with E-state index in [4.69, 9.17) is 9.47 Å². The van der Waals surface area contributed by atoms with Crippen molar-refractivity contribution >= 4 is 5.78 Å². The Balaban J connectivity index is 1.85. The lowest BCUT2D eigenvalue weighted by molar-refractivity contribution is -0.128. The van der Waals surface area contributed by atoms with Crippen LogP contribution in [0, 0.1) is 0 Å². The predicted octanol–water partition coefficient (Wildman–Crippen LogP) is -1.47. The van der Waals surface area contributed by atoms with Gasteiger partial charge in [0.1, 0.15) is 0 Å². The van der Waals surface area contributed by atoms with Gasteiger partial charge in [-0.25, -0.2) is 0 Å². The van der Waals surface area contributed by atoms with E-state index in [2.05, 4.69) is 10.6 Å². The van der Waals surface area contributed by atoms with E-state index in [0.717, 1.165) is 13.1 Å². The van der Waals surface area contributed by atoms with Crippen LogP contribution in [0.4, 0.5) is 0 Å². The van der Waals surface area contributed by atoms with Crippen LogP contribution in [0.2, 0.25) is 0 Å². The number of carbonyl (C=O) groups excluding carboxylic acids is 1. The molecule has 2 atom stereocenters. The fourth-order valence-corrected chi connectivity index (χ4v) is 1.74. The second kappa shape index (κ2) is 4.84. The zero-order valence-corrected chi connectivity index (χ0v) is 8.12. The van der Waals surface area contributed by atoms with Gasteiger partial charge < -0.3 is 20.1 Å². The molecule has 0 aromatic rings. The minimum atomic E-state index is -0.164. The van der Waals surface area contributed by atoms with Gasteiger partial charge in [0.15, 0.2) is 5.78 Å². The van der Waals surface area contributed by atoms with E-state index in [1.807, 2.05) is 0 Å². The summed E-state index contributed by atoms with van der Waals surface area (Å²) in [5, 5.41) is 6.29. The second-order valence-electron chi connectivity index (χ2n) is 3.57. The van der Waals surface area contributed by atoms with Crippen molar-refractivity contribution in [1.82, 2.24) is 10.6 Å². The Morgan fingerprint density at radius 3 is 1.86 bits per heavy atom. The fourth-order valence-electron chi connectivity index (χ4n) is 1.74. The maximum atomic E-state index is 11.9. The molecule has 2 N–H and O–H groups in total. The van der Waals surface area contributed by atoms with Crippen molar-refractivity contribution in [3.8, 4) is 0 Å². The normalized spacial score (nSPS) is 34.0. The Kier molecular flexibility index (Phi) is 3.47. The molecule has 0 aliphatic carbocycles. The first-order chi connectivity index (χ1) is 6.88. The average Bonchev–Trinajstić information content (AvgIpc) is 2.30. The van der Waals surface area contributed by atoms with Gasteiger partial charge in [-0.15, -0.1) is 0 Å². The molecule has 2 rings (SSSR count). The lowest BCUT2D eigenvalue weighted by atomic mass is 10.1. The third-order valence-corrected chi connectivity index (χ3v) is 2.53. The molecule has 80 valence electrons. The highest BCUT2D eigenvalue weighted by atomic mass is 16.5. The number of ether oxygens (including phenoxy) is 2. The summed E-state index contributed by atoms with van der Waals surface area (Å²) in [5.41, 5.74) is 0. The highest BCUT2D eigenvalue weighted by molar-refractivity contribution is 5.89. The molecule has 0 bridgehead atoms. The van der Waals surface area contributed by atoms with Crippen LogP contribution in [0.25, 0.3) is 0 Å². The number of hydrogen-bond acceptors (Lipinski definition) is 5. The molecule has 0 aromatic heterocycles. The minimum absolute atomic E-state index is 0.157. The number of nitrogens with one attached hydrogen (secondary N) is 2. The molecule has 2 fully saturated rings. The topological polar surface area (TPSA) is 59.6 Å². The van der Waals surface area contributed by atoms with Gasteiger partial charge in [-0.3, -0.25) is 4.79 Å². The van der Waals surface area contributed by atoms with Crippen LogP contribution in [0.3, 0.4) is 0 Å². The third kappa shape index (κ3) is 2.30. The van der Waals surface area contributed by atoms with Gasteiger partial charge >= 0.3 is 0 Å². The van der Waals surface area contributed by atoms with Gasteiger partial charge in [0, 0.05) is 13.1 Å². The summed E-state index contributed by atoms with van der Waals surface area (Å²) < 4.78 is 10.5. The molecular formula is C9H16N2O3. The number of morpholine rings is 2. The minimum Gasteiger partial charge on any atom is -0.378 e. The zero-order chi connectivity index (χ0) is 9.80. The molecule has 0 aromatic carbocycles. The molecule has 2 aliphatic heterocycles. The van der Waals surface area contributed by atoms with Crippen molar-refractivity contribution in [2.45, 2.75) is 12.1 Å². The molecule has 14 heavy (non-hydrogen) atoms. The van der Waals surface area contributed by atoms with E-state index in [0.29, 0.717) is 26.4 Å². The Hall–Kier alpha value is -0.490. The number of Topliss-reactive ketones (excluding diaryl/α,β-unsaturated/α-hetero) is 1. The number of rotatable bonds is 2. The van der Waals surface area contributed by atoms with Crippen molar-refractivity contribution < 1.29 is 14.3 Å². The van der Waals surface area contributed by atoms with E-state index >= 15 is 0 Å². The molecule has 2 aliphatic rings.